The van der Waals surface area contributed by atoms with E-state index >= 15 is 0 Å². The van der Waals surface area contributed by atoms with E-state index in [0.717, 1.165) is 18.4 Å². The number of hydrogen-bond donors (Lipinski definition) is 1. The molecule has 80 valence electrons. The lowest BCUT2D eigenvalue weighted by Gasteiger charge is -2.30. The molecular formula is C11H18O3. The first-order valence-corrected chi connectivity index (χ1v) is 4.85. The van der Waals surface area contributed by atoms with E-state index in [1.54, 1.807) is 0 Å². The van der Waals surface area contributed by atoms with Crippen LogP contribution in [0.5, 0.6) is 0 Å². The predicted octanol–water partition coefficient (Wildman–Crippen LogP) is 1.51. The van der Waals surface area contributed by atoms with Crippen LogP contribution in [0, 0.1) is 11.3 Å². The predicted molar refractivity (Wildman–Crippen MR) is 53.7 cm³/mol. The molecule has 1 N–H and O–H groups in total. The fraction of sp³-hybridized carbons (Fsp3) is 0.727. The molecule has 0 saturated heterocycles. The van der Waals surface area contributed by atoms with Crippen LogP contribution in [0.15, 0.2) is 12.2 Å². The number of rotatable bonds is 2. The number of carbonyl (C=O) groups is 1. The molecule has 3 heteroatoms. The lowest BCUT2D eigenvalue weighted by atomic mass is 9.76. The van der Waals surface area contributed by atoms with Crippen LogP contribution in [-0.2, 0) is 9.53 Å². The van der Waals surface area contributed by atoms with Crippen molar-refractivity contribution >= 4 is 5.97 Å². The second-order valence-electron chi connectivity index (χ2n) is 4.44. The Morgan fingerprint density at radius 3 is 2.64 bits per heavy atom. The molecule has 1 fully saturated rings. The number of esters is 1. The van der Waals surface area contributed by atoms with Gasteiger partial charge in [-0.3, -0.25) is 0 Å². The summed E-state index contributed by atoms with van der Waals surface area (Å²) in [5.74, 6) is -0.611. The minimum atomic E-state index is -1.02. The fourth-order valence-corrected chi connectivity index (χ4v) is 2.11. The van der Waals surface area contributed by atoms with Gasteiger partial charge in [-0.2, -0.15) is 0 Å². The first kappa shape index (κ1) is 11.2. The number of aliphatic hydroxyl groups is 1. The minimum absolute atomic E-state index is 0.0672. The third-order valence-corrected chi connectivity index (χ3v) is 3.42. The molecular weight excluding hydrogens is 180 g/mol. The van der Waals surface area contributed by atoms with Crippen LogP contribution in [0.2, 0.25) is 0 Å². The lowest BCUT2D eigenvalue weighted by Crippen LogP contribution is -2.36. The average Bonchev–Trinajstić information content (AvgIpc) is 2.40. The summed E-state index contributed by atoms with van der Waals surface area (Å²) in [4.78, 5) is 11.2. The van der Waals surface area contributed by atoms with Crippen molar-refractivity contribution in [3.05, 3.63) is 12.2 Å². The van der Waals surface area contributed by atoms with E-state index in [9.17, 15) is 9.90 Å². The van der Waals surface area contributed by atoms with E-state index in [0.29, 0.717) is 0 Å². The number of allylic oxidation sites excluding steroid dienone is 1. The van der Waals surface area contributed by atoms with E-state index in [2.05, 4.69) is 11.3 Å². The van der Waals surface area contributed by atoms with Crippen LogP contribution in [0.3, 0.4) is 0 Å². The van der Waals surface area contributed by atoms with Gasteiger partial charge in [0.15, 0.2) is 6.10 Å². The number of hydrogen-bond acceptors (Lipinski definition) is 3. The molecule has 2 atom stereocenters. The summed E-state index contributed by atoms with van der Waals surface area (Å²) in [6, 6.07) is 0. The van der Waals surface area contributed by atoms with Gasteiger partial charge in [-0.25, -0.2) is 4.79 Å². The highest BCUT2D eigenvalue weighted by Gasteiger charge is 2.44. The number of ether oxygens (including phenoxy) is 1. The molecule has 0 amide bonds. The van der Waals surface area contributed by atoms with Crippen molar-refractivity contribution in [2.45, 2.75) is 32.8 Å². The van der Waals surface area contributed by atoms with Gasteiger partial charge < -0.3 is 9.84 Å². The van der Waals surface area contributed by atoms with Crippen LogP contribution in [0.25, 0.3) is 0 Å². The molecule has 14 heavy (non-hydrogen) atoms. The molecule has 1 aliphatic carbocycles. The van der Waals surface area contributed by atoms with Crippen molar-refractivity contribution in [3.8, 4) is 0 Å². The quantitative estimate of drug-likeness (QED) is 0.540. The van der Waals surface area contributed by atoms with Crippen molar-refractivity contribution in [1.29, 1.82) is 0 Å². The standard InChI is InChI=1S/C11H18O3/c1-7-5-6-8(11(7,2)3)9(12)10(13)14-4/h8-9,12H,1,5-6H2,2-4H3/t8-,9+/m1/s1. The van der Waals surface area contributed by atoms with Gasteiger partial charge in [-0.05, 0) is 18.3 Å². The van der Waals surface area contributed by atoms with Crippen molar-refractivity contribution in [3.63, 3.8) is 0 Å². The van der Waals surface area contributed by atoms with Crippen LogP contribution < -0.4 is 0 Å². The Morgan fingerprint density at radius 2 is 2.29 bits per heavy atom. The molecule has 1 rings (SSSR count). The van der Waals surface area contributed by atoms with Crippen molar-refractivity contribution in [1.82, 2.24) is 0 Å². The van der Waals surface area contributed by atoms with Crippen LogP contribution in [0.4, 0.5) is 0 Å². The van der Waals surface area contributed by atoms with Gasteiger partial charge in [0.1, 0.15) is 0 Å². The van der Waals surface area contributed by atoms with Crippen LogP contribution in [0.1, 0.15) is 26.7 Å². The Labute approximate surface area is 84.8 Å². The summed E-state index contributed by atoms with van der Waals surface area (Å²) >= 11 is 0. The molecule has 0 aliphatic heterocycles. The molecule has 0 aromatic heterocycles. The Morgan fingerprint density at radius 1 is 1.71 bits per heavy atom. The van der Waals surface area contributed by atoms with Crippen molar-refractivity contribution in [2.75, 3.05) is 7.11 Å². The first-order valence-electron chi connectivity index (χ1n) is 4.85. The lowest BCUT2D eigenvalue weighted by molar-refractivity contribution is -0.155. The van der Waals surface area contributed by atoms with E-state index in [1.165, 1.54) is 7.11 Å². The van der Waals surface area contributed by atoms with Gasteiger partial charge in [-0.1, -0.05) is 26.0 Å². The van der Waals surface area contributed by atoms with Gasteiger partial charge in [0.25, 0.3) is 0 Å². The Hall–Kier alpha value is -0.830. The van der Waals surface area contributed by atoms with Gasteiger partial charge in [0.05, 0.1) is 7.11 Å². The Bertz CT molecular complexity index is 255. The highest BCUT2D eigenvalue weighted by molar-refractivity contribution is 5.74. The van der Waals surface area contributed by atoms with Crippen molar-refractivity contribution < 1.29 is 14.6 Å². The highest BCUT2D eigenvalue weighted by Crippen LogP contribution is 2.47. The molecule has 0 aromatic rings. The maximum absolute atomic E-state index is 11.2. The molecule has 0 heterocycles. The maximum atomic E-state index is 11.2. The molecule has 0 radical (unpaired) electrons. The number of aliphatic hydroxyl groups excluding tert-OH is 1. The van der Waals surface area contributed by atoms with Gasteiger partial charge in [0, 0.05) is 5.92 Å². The molecule has 1 aliphatic rings. The SMILES string of the molecule is C=C1CC[C@H]([C@H](O)C(=O)OC)C1(C)C. The van der Waals surface area contributed by atoms with Crippen molar-refractivity contribution in [2.24, 2.45) is 11.3 Å². The Balaban J connectivity index is 2.79. The second-order valence-corrected chi connectivity index (χ2v) is 4.44. The summed E-state index contributed by atoms with van der Waals surface area (Å²) in [5.41, 5.74) is 0.929. The summed E-state index contributed by atoms with van der Waals surface area (Å²) in [6.45, 7) is 7.99. The highest BCUT2D eigenvalue weighted by atomic mass is 16.5. The monoisotopic (exact) mass is 198 g/mol. The number of carbonyl (C=O) groups excluding carboxylic acids is 1. The van der Waals surface area contributed by atoms with E-state index in [-0.39, 0.29) is 11.3 Å². The third kappa shape index (κ3) is 1.69. The van der Waals surface area contributed by atoms with Gasteiger partial charge in [0.2, 0.25) is 0 Å². The summed E-state index contributed by atoms with van der Waals surface area (Å²) in [5, 5.41) is 9.76. The molecule has 0 unspecified atom stereocenters. The van der Waals surface area contributed by atoms with E-state index in [4.69, 9.17) is 0 Å². The molecule has 0 spiro atoms. The molecule has 0 aromatic carbocycles. The van der Waals surface area contributed by atoms with Crippen LogP contribution in [-0.4, -0.2) is 24.3 Å². The topological polar surface area (TPSA) is 46.5 Å². The first-order chi connectivity index (χ1) is 6.41. The molecule has 3 nitrogen and oxygen atoms in total. The van der Waals surface area contributed by atoms with Crippen LogP contribution >= 0.6 is 0 Å². The number of methoxy groups -OCH3 is 1. The third-order valence-electron chi connectivity index (χ3n) is 3.42. The normalized spacial score (nSPS) is 27.4. The zero-order chi connectivity index (χ0) is 10.9. The average molecular weight is 198 g/mol. The smallest absolute Gasteiger partial charge is 0.335 e. The summed E-state index contributed by atoms with van der Waals surface area (Å²) in [7, 11) is 1.29. The molecule has 0 bridgehead atoms. The summed E-state index contributed by atoms with van der Waals surface area (Å²) < 4.78 is 4.53. The zero-order valence-corrected chi connectivity index (χ0v) is 9.04. The summed E-state index contributed by atoms with van der Waals surface area (Å²) in [6.07, 6.45) is 0.669. The van der Waals surface area contributed by atoms with E-state index < -0.39 is 12.1 Å². The fourth-order valence-electron chi connectivity index (χ4n) is 2.11. The largest absolute Gasteiger partial charge is 0.467 e. The second kappa shape index (κ2) is 3.73. The van der Waals surface area contributed by atoms with E-state index in [1.807, 2.05) is 13.8 Å². The zero-order valence-electron chi connectivity index (χ0n) is 9.04. The Kier molecular flexibility index (Phi) is 3.00. The maximum Gasteiger partial charge on any atom is 0.335 e. The van der Waals surface area contributed by atoms with Gasteiger partial charge >= 0.3 is 5.97 Å². The molecule has 1 saturated carbocycles. The van der Waals surface area contributed by atoms with Gasteiger partial charge in [-0.15, -0.1) is 0 Å². The minimum Gasteiger partial charge on any atom is -0.467 e.